The Morgan fingerprint density at radius 2 is 1.95 bits per heavy atom. The minimum atomic E-state index is 0.140. The number of hydrogen-bond acceptors (Lipinski definition) is 4. The van der Waals surface area contributed by atoms with Crippen molar-refractivity contribution in [3.05, 3.63) is 15.6 Å². The molecule has 1 aliphatic rings. The van der Waals surface area contributed by atoms with Crippen LogP contribution in [-0.4, -0.2) is 16.3 Å². The second kappa shape index (κ2) is 7.47. The first-order valence-corrected chi connectivity index (χ1v) is 10.1. The second-order valence-electron chi connectivity index (χ2n) is 7.38. The number of rotatable bonds is 6. The molecule has 1 saturated carbocycles. The first-order chi connectivity index (χ1) is 9.86. The van der Waals surface area contributed by atoms with Gasteiger partial charge < -0.3 is 5.32 Å². The van der Waals surface area contributed by atoms with E-state index >= 15 is 0 Å². The summed E-state index contributed by atoms with van der Waals surface area (Å²) in [6, 6.07) is 0.524. The van der Waals surface area contributed by atoms with Crippen LogP contribution in [0.25, 0.3) is 0 Å². The molecule has 2 nitrogen and oxygen atoms in total. The molecule has 0 saturated heterocycles. The van der Waals surface area contributed by atoms with E-state index in [2.05, 4.69) is 51.7 Å². The largest absolute Gasteiger partial charge is 0.310 e. The Labute approximate surface area is 138 Å². The Balaban J connectivity index is 2.03. The standard InChI is InChI=1S/C17H30N2S2/c1-12(2)18-10-14-16(17(3,4)5)19-15(21-14)11-20-13-8-6-7-9-13/h12-13,18H,6-11H2,1-5H3. The van der Waals surface area contributed by atoms with Crippen molar-refractivity contribution in [3.8, 4) is 0 Å². The van der Waals surface area contributed by atoms with Crippen LogP contribution in [0.4, 0.5) is 0 Å². The van der Waals surface area contributed by atoms with Gasteiger partial charge in [-0.15, -0.1) is 11.3 Å². The van der Waals surface area contributed by atoms with Crippen LogP contribution in [0.1, 0.15) is 75.9 Å². The third kappa shape index (κ3) is 5.26. The Morgan fingerprint density at radius 1 is 1.29 bits per heavy atom. The van der Waals surface area contributed by atoms with Crippen molar-refractivity contribution in [2.24, 2.45) is 0 Å². The van der Waals surface area contributed by atoms with Crippen LogP contribution in [0.15, 0.2) is 0 Å². The van der Waals surface area contributed by atoms with Gasteiger partial charge in [0.15, 0.2) is 0 Å². The topological polar surface area (TPSA) is 24.9 Å². The van der Waals surface area contributed by atoms with Gasteiger partial charge in [0, 0.05) is 33.9 Å². The van der Waals surface area contributed by atoms with Crippen molar-refractivity contribution >= 4 is 23.1 Å². The normalized spacial score (nSPS) is 17.0. The average molecular weight is 327 g/mol. The van der Waals surface area contributed by atoms with E-state index in [9.17, 15) is 0 Å². The summed E-state index contributed by atoms with van der Waals surface area (Å²) in [5.74, 6) is 1.10. The molecule has 0 bridgehead atoms. The minimum absolute atomic E-state index is 0.140. The number of nitrogens with one attached hydrogen (secondary N) is 1. The van der Waals surface area contributed by atoms with Gasteiger partial charge in [-0.05, 0) is 12.8 Å². The zero-order chi connectivity index (χ0) is 15.5. The molecule has 21 heavy (non-hydrogen) atoms. The van der Waals surface area contributed by atoms with E-state index in [-0.39, 0.29) is 5.41 Å². The van der Waals surface area contributed by atoms with E-state index in [4.69, 9.17) is 4.98 Å². The highest BCUT2D eigenvalue weighted by atomic mass is 32.2. The summed E-state index contributed by atoms with van der Waals surface area (Å²) < 4.78 is 0. The lowest BCUT2D eigenvalue weighted by molar-refractivity contribution is 0.545. The Kier molecular flexibility index (Phi) is 6.15. The lowest BCUT2D eigenvalue weighted by Crippen LogP contribution is -2.23. The predicted octanol–water partition coefficient (Wildman–Crippen LogP) is 5.11. The molecule has 0 atom stereocenters. The number of nitrogens with zero attached hydrogens (tertiary/aromatic N) is 1. The zero-order valence-electron chi connectivity index (χ0n) is 14.2. The smallest absolute Gasteiger partial charge is 0.103 e. The van der Waals surface area contributed by atoms with Crippen molar-refractivity contribution in [2.75, 3.05) is 0 Å². The van der Waals surface area contributed by atoms with E-state index in [1.807, 2.05) is 11.3 Å². The minimum Gasteiger partial charge on any atom is -0.310 e. The highest BCUT2D eigenvalue weighted by molar-refractivity contribution is 7.99. The molecule has 1 aromatic rings. The Bertz CT molecular complexity index is 440. The van der Waals surface area contributed by atoms with Crippen molar-refractivity contribution in [1.29, 1.82) is 0 Å². The molecule has 0 spiro atoms. The quantitative estimate of drug-likeness (QED) is 0.786. The molecule has 1 heterocycles. The van der Waals surface area contributed by atoms with E-state index < -0.39 is 0 Å². The summed E-state index contributed by atoms with van der Waals surface area (Å²) in [6.07, 6.45) is 5.66. The fraction of sp³-hybridized carbons (Fsp3) is 0.824. The average Bonchev–Trinajstić information content (AvgIpc) is 3.02. The molecule has 120 valence electrons. The van der Waals surface area contributed by atoms with E-state index in [1.54, 1.807) is 0 Å². The summed E-state index contributed by atoms with van der Waals surface area (Å²) in [6.45, 7) is 12.2. The van der Waals surface area contributed by atoms with Crippen LogP contribution >= 0.6 is 23.1 Å². The van der Waals surface area contributed by atoms with Crippen molar-refractivity contribution in [2.45, 2.75) is 89.3 Å². The Hall–Kier alpha value is -0.0600. The molecule has 4 heteroatoms. The number of hydrogen-bond donors (Lipinski definition) is 1. The van der Waals surface area contributed by atoms with Gasteiger partial charge in [-0.25, -0.2) is 4.98 Å². The van der Waals surface area contributed by atoms with Crippen molar-refractivity contribution in [1.82, 2.24) is 10.3 Å². The predicted molar refractivity (Wildman–Crippen MR) is 96.3 cm³/mol. The van der Waals surface area contributed by atoms with Gasteiger partial charge >= 0.3 is 0 Å². The van der Waals surface area contributed by atoms with Gasteiger partial charge in [0.2, 0.25) is 0 Å². The van der Waals surface area contributed by atoms with E-state index in [0.29, 0.717) is 6.04 Å². The summed E-state index contributed by atoms with van der Waals surface area (Å²) in [5, 5.41) is 5.74. The van der Waals surface area contributed by atoms with E-state index in [1.165, 1.54) is 41.3 Å². The fourth-order valence-electron chi connectivity index (χ4n) is 2.71. The monoisotopic (exact) mass is 326 g/mol. The van der Waals surface area contributed by atoms with Crippen molar-refractivity contribution < 1.29 is 0 Å². The molecular weight excluding hydrogens is 296 g/mol. The summed E-state index contributed by atoms with van der Waals surface area (Å²) in [4.78, 5) is 6.41. The maximum absolute atomic E-state index is 4.98. The molecule has 1 aliphatic carbocycles. The van der Waals surface area contributed by atoms with Crippen LogP contribution in [0.2, 0.25) is 0 Å². The molecule has 0 aromatic carbocycles. The highest BCUT2D eigenvalue weighted by Crippen LogP contribution is 2.35. The van der Waals surface area contributed by atoms with Crippen LogP contribution in [0.3, 0.4) is 0 Å². The first kappa shape index (κ1) is 17.3. The second-order valence-corrected chi connectivity index (χ2v) is 9.84. The molecule has 1 fully saturated rings. The molecule has 0 amide bonds. The highest BCUT2D eigenvalue weighted by Gasteiger charge is 2.24. The number of thioether (sulfide) groups is 1. The van der Waals surface area contributed by atoms with Gasteiger partial charge in [0.05, 0.1) is 5.69 Å². The maximum atomic E-state index is 4.98. The molecule has 1 N–H and O–H groups in total. The van der Waals surface area contributed by atoms with Gasteiger partial charge in [0.25, 0.3) is 0 Å². The van der Waals surface area contributed by atoms with E-state index in [0.717, 1.165) is 17.5 Å². The van der Waals surface area contributed by atoms with Crippen molar-refractivity contribution in [3.63, 3.8) is 0 Å². The zero-order valence-corrected chi connectivity index (χ0v) is 15.8. The SMILES string of the molecule is CC(C)NCc1sc(CSC2CCCC2)nc1C(C)(C)C. The third-order valence-electron chi connectivity index (χ3n) is 3.87. The van der Waals surface area contributed by atoms with Crippen LogP contribution in [-0.2, 0) is 17.7 Å². The van der Waals surface area contributed by atoms with Gasteiger partial charge in [-0.1, -0.05) is 47.5 Å². The van der Waals surface area contributed by atoms with Crippen LogP contribution in [0, 0.1) is 0 Å². The summed E-state index contributed by atoms with van der Waals surface area (Å²) >= 11 is 4.04. The summed E-state index contributed by atoms with van der Waals surface area (Å²) in [7, 11) is 0. The van der Waals surface area contributed by atoms with Crippen LogP contribution < -0.4 is 5.32 Å². The van der Waals surface area contributed by atoms with Gasteiger partial charge in [0.1, 0.15) is 5.01 Å². The molecule has 0 radical (unpaired) electrons. The molecule has 2 rings (SSSR count). The van der Waals surface area contributed by atoms with Gasteiger partial charge in [-0.3, -0.25) is 0 Å². The lowest BCUT2D eigenvalue weighted by atomic mass is 9.91. The third-order valence-corrected chi connectivity index (χ3v) is 6.49. The number of aromatic nitrogens is 1. The summed E-state index contributed by atoms with van der Waals surface area (Å²) in [5.41, 5.74) is 1.43. The fourth-order valence-corrected chi connectivity index (χ4v) is 5.28. The maximum Gasteiger partial charge on any atom is 0.103 e. The van der Waals surface area contributed by atoms with Gasteiger partial charge in [-0.2, -0.15) is 11.8 Å². The number of thiazole rings is 1. The van der Waals surface area contributed by atoms with Crippen LogP contribution in [0.5, 0.6) is 0 Å². The first-order valence-electron chi connectivity index (χ1n) is 8.20. The molecule has 0 aliphatic heterocycles. The lowest BCUT2D eigenvalue weighted by Gasteiger charge is -2.18. The Morgan fingerprint density at radius 3 is 2.52 bits per heavy atom. The molecule has 0 unspecified atom stereocenters. The molecule has 1 aromatic heterocycles. The molecular formula is C17H30N2S2.